The summed E-state index contributed by atoms with van der Waals surface area (Å²) in [6.07, 6.45) is 1.90. The number of non-ortho nitro benzene ring substituents is 1. The molecule has 1 amide bonds. The zero-order valence-electron chi connectivity index (χ0n) is 17.4. The number of anilines is 1. The van der Waals surface area contributed by atoms with Crippen molar-refractivity contribution in [1.82, 2.24) is 14.3 Å². The van der Waals surface area contributed by atoms with Gasteiger partial charge in [0.2, 0.25) is 0 Å². The standard InChI is InChI=1S/C23H21N5O3/c1-15-6-7-17(13-16(15)2)24-23(29)22-14-20(21-5-4-12-26(21)3)25-27(22)18-8-10-19(11-9-18)28(30)31/h4-14H,1-3H3,(H,24,29). The molecule has 0 aliphatic carbocycles. The van der Waals surface area contributed by atoms with Gasteiger partial charge in [0.15, 0.2) is 0 Å². The van der Waals surface area contributed by atoms with Crippen molar-refractivity contribution in [3.63, 3.8) is 0 Å². The highest BCUT2D eigenvalue weighted by Crippen LogP contribution is 2.24. The van der Waals surface area contributed by atoms with Gasteiger partial charge < -0.3 is 9.88 Å². The molecule has 0 spiro atoms. The summed E-state index contributed by atoms with van der Waals surface area (Å²) in [4.78, 5) is 23.7. The molecule has 2 aromatic heterocycles. The van der Waals surface area contributed by atoms with Crippen LogP contribution in [0.1, 0.15) is 21.6 Å². The Morgan fingerprint density at radius 1 is 1.03 bits per heavy atom. The number of benzene rings is 2. The average Bonchev–Trinajstić information content (AvgIpc) is 3.37. The van der Waals surface area contributed by atoms with Gasteiger partial charge in [0, 0.05) is 31.1 Å². The van der Waals surface area contributed by atoms with Crippen LogP contribution in [0.15, 0.2) is 66.9 Å². The lowest BCUT2D eigenvalue weighted by Crippen LogP contribution is -2.17. The number of carbonyl (C=O) groups excluding carboxylic acids is 1. The molecule has 4 rings (SSSR count). The Hall–Kier alpha value is -4.20. The molecule has 8 heteroatoms. The molecule has 0 saturated carbocycles. The largest absolute Gasteiger partial charge is 0.349 e. The number of hydrogen-bond donors (Lipinski definition) is 1. The van der Waals surface area contributed by atoms with Crippen LogP contribution in [-0.4, -0.2) is 25.2 Å². The number of aromatic nitrogens is 3. The molecule has 0 atom stereocenters. The molecular formula is C23H21N5O3. The highest BCUT2D eigenvalue weighted by Gasteiger charge is 2.19. The van der Waals surface area contributed by atoms with Crippen LogP contribution in [0, 0.1) is 24.0 Å². The first kappa shape index (κ1) is 20.1. The van der Waals surface area contributed by atoms with Crippen molar-refractivity contribution >= 4 is 17.3 Å². The van der Waals surface area contributed by atoms with Gasteiger partial charge in [0.05, 0.1) is 16.3 Å². The van der Waals surface area contributed by atoms with E-state index in [1.54, 1.807) is 18.2 Å². The summed E-state index contributed by atoms with van der Waals surface area (Å²) in [5, 5.41) is 18.5. The number of nitrogens with one attached hydrogen (secondary N) is 1. The van der Waals surface area contributed by atoms with Crippen molar-refractivity contribution in [2.45, 2.75) is 13.8 Å². The van der Waals surface area contributed by atoms with Crippen molar-refractivity contribution in [1.29, 1.82) is 0 Å². The summed E-state index contributed by atoms with van der Waals surface area (Å²) in [6, 6.07) is 17.2. The fraction of sp³-hybridized carbons (Fsp3) is 0.130. The second kappa shape index (κ2) is 7.91. The van der Waals surface area contributed by atoms with E-state index in [1.807, 2.05) is 62.0 Å². The fourth-order valence-corrected chi connectivity index (χ4v) is 3.32. The van der Waals surface area contributed by atoms with Crippen LogP contribution in [0.4, 0.5) is 11.4 Å². The molecule has 8 nitrogen and oxygen atoms in total. The van der Waals surface area contributed by atoms with Crippen LogP contribution in [0.25, 0.3) is 17.1 Å². The molecule has 156 valence electrons. The Morgan fingerprint density at radius 2 is 1.77 bits per heavy atom. The summed E-state index contributed by atoms with van der Waals surface area (Å²) < 4.78 is 3.41. The Balaban J connectivity index is 1.76. The Bertz CT molecular complexity index is 1290. The lowest BCUT2D eigenvalue weighted by atomic mass is 10.1. The van der Waals surface area contributed by atoms with E-state index in [4.69, 9.17) is 0 Å². The first-order valence-corrected chi connectivity index (χ1v) is 9.68. The second-order valence-corrected chi connectivity index (χ2v) is 7.36. The summed E-state index contributed by atoms with van der Waals surface area (Å²) in [5.41, 5.74) is 5.22. The van der Waals surface area contributed by atoms with Crippen molar-refractivity contribution < 1.29 is 9.72 Å². The van der Waals surface area contributed by atoms with E-state index in [0.717, 1.165) is 16.8 Å². The molecule has 0 radical (unpaired) electrons. The van der Waals surface area contributed by atoms with Crippen LogP contribution in [0.3, 0.4) is 0 Å². The van der Waals surface area contributed by atoms with Crippen LogP contribution < -0.4 is 5.32 Å². The number of carbonyl (C=O) groups is 1. The van der Waals surface area contributed by atoms with Gasteiger partial charge in [-0.15, -0.1) is 0 Å². The second-order valence-electron chi connectivity index (χ2n) is 7.36. The predicted molar refractivity (Wildman–Crippen MR) is 118 cm³/mol. The third-order valence-corrected chi connectivity index (χ3v) is 5.22. The summed E-state index contributed by atoms with van der Waals surface area (Å²) in [5.74, 6) is -0.324. The minimum absolute atomic E-state index is 0.0281. The first-order chi connectivity index (χ1) is 14.8. The molecule has 0 unspecified atom stereocenters. The van der Waals surface area contributed by atoms with E-state index in [-0.39, 0.29) is 11.6 Å². The molecule has 0 fully saturated rings. The monoisotopic (exact) mass is 415 g/mol. The van der Waals surface area contributed by atoms with Gasteiger partial charge >= 0.3 is 0 Å². The van der Waals surface area contributed by atoms with E-state index in [1.165, 1.54) is 16.8 Å². The number of aryl methyl sites for hydroxylation is 3. The number of nitrogens with zero attached hydrogens (tertiary/aromatic N) is 4. The quantitative estimate of drug-likeness (QED) is 0.379. The summed E-state index contributed by atoms with van der Waals surface area (Å²) in [6.45, 7) is 4.00. The Labute approximate surface area is 178 Å². The molecule has 0 bridgehead atoms. The van der Waals surface area contributed by atoms with Gasteiger partial charge in [0.25, 0.3) is 11.6 Å². The van der Waals surface area contributed by atoms with Crippen molar-refractivity contribution in [2.75, 3.05) is 5.32 Å². The Kier molecular flexibility index (Phi) is 5.12. The molecule has 2 aromatic carbocycles. The van der Waals surface area contributed by atoms with Gasteiger partial charge in [-0.2, -0.15) is 5.10 Å². The van der Waals surface area contributed by atoms with Gasteiger partial charge in [0.1, 0.15) is 11.4 Å². The molecule has 1 N–H and O–H groups in total. The number of nitro benzene ring substituents is 1. The van der Waals surface area contributed by atoms with Gasteiger partial charge in [-0.3, -0.25) is 14.9 Å². The maximum atomic E-state index is 13.2. The maximum Gasteiger partial charge on any atom is 0.274 e. The molecule has 0 saturated heterocycles. The summed E-state index contributed by atoms with van der Waals surface area (Å²) in [7, 11) is 1.90. The van der Waals surface area contributed by atoms with Gasteiger partial charge in [-0.1, -0.05) is 6.07 Å². The minimum atomic E-state index is -0.463. The van der Waals surface area contributed by atoms with Gasteiger partial charge in [-0.25, -0.2) is 4.68 Å². The fourth-order valence-electron chi connectivity index (χ4n) is 3.32. The zero-order valence-corrected chi connectivity index (χ0v) is 17.4. The van der Waals surface area contributed by atoms with Crippen LogP contribution in [-0.2, 0) is 7.05 Å². The third-order valence-electron chi connectivity index (χ3n) is 5.22. The Morgan fingerprint density at radius 3 is 2.39 bits per heavy atom. The lowest BCUT2D eigenvalue weighted by Gasteiger charge is -2.10. The normalized spacial score (nSPS) is 10.8. The zero-order chi connectivity index (χ0) is 22.1. The van der Waals surface area contributed by atoms with Crippen LogP contribution in [0.5, 0.6) is 0 Å². The average molecular weight is 415 g/mol. The lowest BCUT2D eigenvalue weighted by molar-refractivity contribution is -0.384. The smallest absolute Gasteiger partial charge is 0.274 e. The summed E-state index contributed by atoms with van der Waals surface area (Å²) >= 11 is 0. The minimum Gasteiger partial charge on any atom is -0.349 e. The van der Waals surface area contributed by atoms with Crippen LogP contribution >= 0.6 is 0 Å². The van der Waals surface area contributed by atoms with Gasteiger partial charge in [-0.05, 0) is 67.4 Å². The van der Waals surface area contributed by atoms with E-state index in [0.29, 0.717) is 22.8 Å². The van der Waals surface area contributed by atoms with E-state index < -0.39 is 4.92 Å². The van der Waals surface area contributed by atoms with Crippen molar-refractivity contribution in [2.24, 2.45) is 7.05 Å². The molecule has 2 heterocycles. The van der Waals surface area contributed by atoms with E-state index >= 15 is 0 Å². The van der Waals surface area contributed by atoms with E-state index in [9.17, 15) is 14.9 Å². The number of hydrogen-bond acceptors (Lipinski definition) is 4. The SMILES string of the molecule is Cc1ccc(NC(=O)c2cc(-c3cccn3C)nn2-c2ccc([N+](=O)[O-])cc2)cc1C. The molecular weight excluding hydrogens is 394 g/mol. The highest BCUT2D eigenvalue weighted by molar-refractivity contribution is 6.04. The van der Waals surface area contributed by atoms with Crippen molar-refractivity contribution in [3.05, 3.63) is 93.8 Å². The molecule has 4 aromatic rings. The topological polar surface area (TPSA) is 95.0 Å². The maximum absolute atomic E-state index is 13.2. The number of nitro groups is 1. The molecule has 31 heavy (non-hydrogen) atoms. The third kappa shape index (κ3) is 3.95. The number of rotatable bonds is 5. The highest BCUT2D eigenvalue weighted by atomic mass is 16.6. The van der Waals surface area contributed by atoms with Crippen molar-refractivity contribution in [3.8, 4) is 17.1 Å². The first-order valence-electron chi connectivity index (χ1n) is 9.68. The predicted octanol–water partition coefficient (Wildman–Crippen LogP) is 4.66. The number of amides is 1. The van der Waals surface area contributed by atoms with E-state index in [2.05, 4.69) is 10.4 Å². The molecule has 0 aliphatic heterocycles. The van der Waals surface area contributed by atoms with Crippen LogP contribution in [0.2, 0.25) is 0 Å². The molecule has 0 aliphatic rings.